The van der Waals surface area contributed by atoms with Gasteiger partial charge in [0, 0.05) is 0 Å². The smallest absolute Gasteiger partial charge is 0.189 e. The van der Waals surface area contributed by atoms with Crippen LogP contribution in [0.4, 0.5) is 5.69 Å². The molecule has 1 saturated carbocycles. The van der Waals surface area contributed by atoms with Gasteiger partial charge in [-0.25, -0.2) is 5.43 Å². The van der Waals surface area contributed by atoms with Crippen molar-refractivity contribution in [1.29, 1.82) is 0 Å². The van der Waals surface area contributed by atoms with E-state index in [1.54, 1.807) is 0 Å². The van der Waals surface area contributed by atoms with E-state index in [2.05, 4.69) is 29.8 Å². The molecule has 1 heterocycles. The maximum Gasteiger partial charge on any atom is 0.189 e. The van der Waals surface area contributed by atoms with Crippen LogP contribution in [0.1, 0.15) is 32.6 Å². The highest BCUT2D eigenvalue weighted by Crippen LogP contribution is 2.35. The molecular formula is C14H19N3S. The normalized spacial score (nSPS) is 31.7. The molecule has 1 aliphatic carbocycles. The Labute approximate surface area is 114 Å². The van der Waals surface area contributed by atoms with Crippen LogP contribution < -0.4 is 15.8 Å². The summed E-state index contributed by atoms with van der Waals surface area (Å²) in [6, 6.07) is 10.2. The topological polar surface area (TPSA) is 27.3 Å². The number of anilines is 1. The summed E-state index contributed by atoms with van der Waals surface area (Å²) in [6.07, 6.45) is 4.98. The van der Waals surface area contributed by atoms with Gasteiger partial charge in [0.05, 0.1) is 5.69 Å². The predicted molar refractivity (Wildman–Crippen MR) is 78.2 cm³/mol. The predicted octanol–water partition coefficient (Wildman–Crippen LogP) is 2.79. The molecule has 2 aliphatic rings. The molecule has 18 heavy (non-hydrogen) atoms. The van der Waals surface area contributed by atoms with Gasteiger partial charge in [-0.2, -0.15) is 0 Å². The van der Waals surface area contributed by atoms with Crippen LogP contribution in [-0.2, 0) is 0 Å². The second-order valence-corrected chi connectivity index (χ2v) is 5.72. The van der Waals surface area contributed by atoms with Gasteiger partial charge in [0.15, 0.2) is 5.11 Å². The summed E-state index contributed by atoms with van der Waals surface area (Å²) in [7, 11) is 0. The SMILES string of the molecule is C[C@H]1CCCC[C@]12NC(=S)N(c1ccccc1)N2. The van der Waals surface area contributed by atoms with Crippen LogP contribution in [0.2, 0.25) is 0 Å². The number of hydrogen-bond donors (Lipinski definition) is 2. The second-order valence-electron chi connectivity index (χ2n) is 5.33. The van der Waals surface area contributed by atoms with Gasteiger partial charge in [0.2, 0.25) is 0 Å². The standard InChI is InChI=1S/C14H19N3S/c1-11-7-5-6-10-14(11)15-13(18)17(16-14)12-8-3-2-4-9-12/h2-4,8-9,11,16H,5-7,10H2,1H3,(H,15,18)/t11-,14+/m0/s1. The van der Waals surface area contributed by atoms with Crippen molar-refractivity contribution in [2.24, 2.45) is 5.92 Å². The van der Waals surface area contributed by atoms with Crippen molar-refractivity contribution in [3.05, 3.63) is 30.3 Å². The van der Waals surface area contributed by atoms with E-state index in [0.717, 1.165) is 17.2 Å². The lowest BCUT2D eigenvalue weighted by molar-refractivity contribution is 0.158. The van der Waals surface area contributed by atoms with Crippen LogP contribution in [0.25, 0.3) is 0 Å². The zero-order valence-electron chi connectivity index (χ0n) is 10.6. The van der Waals surface area contributed by atoms with Gasteiger partial charge in [0.25, 0.3) is 0 Å². The monoisotopic (exact) mass is 261 g/mol. The van der Waals surface area contributed by atoms with Crippen LogP contribution in [-0.4, -0.2) is 10.8 Å². The molecule has 0 aromatic heterocycles. The van der Waals surface area contributed by atoms with Crippen molar-refractivity contribution in [3.63, 3.8) is 0 Å². The van der Waals surface area contributed by atoms with Crippen LogP contribution in [0, 0.1) is 5.92 Å². The number of hydrogen-bond acceptors (Lipinski definition) is 2. The maximum absolute atomic E-state index is 5.48. The minimum Gasteiger partial charge on any atom is -0.341 e. The summed E-state index contributed by atoms with van der Waals surface area (Å²) in [6.45, 7) is 2.30. The largest absolute Gasteiger partial charge is 0.341 e. The fraction of sp³-hybridized carbons (Fsp3) is 0.500. The molecule has 0 radical (unpaired) electrons. The molecule has 3 nitrogen and oxygen atoms in total. The Morgan fingerprint density at radius 3 is 2.78 bits per heavy atom. The quantitative estimate of drug-likeness (QED) is 0.760. The van der Waals surface area contributed by atoms with Gasteiger partial charge in [0.1, 0.15) is 5.66 Å². The van der Waals surface area contributed by atoms with E-state index in [1.807, 2.05) is 23.2 Å². The number of nitrogens with zero attached hydrogens (tertiary/aromatic N) is 1. The molecule has 1 aliphatic heterocycles. The van der Waals surface area contributed by atoms with Gasteiger partial charge in [-0.1, -0.05) is 31.5 Å². The van der Waals surface area contributed by atoms with E-state index >= 15 is 0 Å². The first-order chi connectivity index (χ1) is 8.71. The zero-order valence-corrected chi connectivity index (χ0v) is 11.5. The van der Waals surface area contributed by atoms with Crippen molar-refractivity contribution in [3.8, 4) is 0 Å². The van der Waals surface area contributed by atoms with Gasteiger partial charge in [-0.05, 0) is 49.5 Å². The van der Waals surface area contributed by atoms with Crippen molar-refractivity contribution in [1.82, 2.24) is 10.7 Å². The van der Waals surface area contributed by atoms with E-state index < -0.39 is 0 Å². The molecule has 4 heteroatoms. The lowest BCUT2D eigenvalue weighted by Gasteiger charge is -2.39. The Morgan fingerprint density at radius 2 is 2.06 bits per heavy atom. The summed E-state index contributed by atoms with van der Waals surface area (Å²) >= 11 is 5.48. The Kier molecular flexibility index (Phi) is 2.99. The third kappa shape index (κ3) is 1.89. The molecule has 1 saturated heterocycles. The molecule has 96 valence electrons. The maximum atomic E-state index is 5.48. The molecular weight excluding hydrogens is 242 g/mol. The van der Waals surface area contributed by atoms with Crippen molar-refractivity contribution in [2.45, 2.75) is 38.3 Å². The van der Waals surface area contributed by atoms with Gasteiger partial charge < -0.3 is 5.32 Å². The molecule has 0 amide bonds. The van der Waals surface area contributed by atoms with Gasteiger partial charge >= 0.3 is 0 Å². The first kappa shape index (κ1) is 11.9. The molecule has 3 rings (SSSR count). The highest BCUT2D eigenvalue weighted by atomic mass is 32.1. The van der Waals surface area contributed by atoms with E-state index in [9.17, 15) is 0 Å². The second kappa shape index (κ2) is 4.52. The van der Waals surface area contributed by atoms with Crippen LogP contribution >= 0.6 is 12.2 Å². The summed E-state index contributed by atoms with van der Waals surface area (Å²) in [5.41, 5.74) is 4.67. The Morgan fingerprint density at radius 1 is 1.28 bits per heavy atom. The Hall–Kier alpha value is -1.13. The minimum atomic E-state index is -0.0365. The number of rotatable bonds is 1. The summed E-state index contributed by atoms with van der Waals surface area (Å²) in [4.78, 5) is 0. The van der Waals surface area contributed by atoms with E-state index in [1.165, 1.54) is 19.3 Å². The molecule has 2 fully saturated rings. The molecule has 0 bridgehead atoms. The first-order valence-electron chi connectivity index (χ1n) is 6.66. The van der Waals surface area contributed by atoms with Crippen molar-refractivity contribution >= 4 is 23.0 Å². The van der Waals surface area contributed by atoms with Crippen molar-refractivity contribution in [2.75, 3.05) is 5.01 Å². The summed E-state index contributed by atoms with van der Waals surface area (Å²) in [5, 5.41) is 6.31. The highest BCUT2D eigenvalue weighted by Gasteiger charge is 2.45. The fourth-order valence-electron chi connectivity index (χ4n) is 2.98. The molecule has 2 atom stereocenters. The lowest BCUT2D eigenvalue weighted by atomic mass is 9.81. The number of para-hydroxylation sites is 1. The lowest BCUT2D eigenvalue weighted by Crippen LogP contribution is -2.57. The van der Waals surface area contributed by atoms with Crippen LogP contribution in [0.15, 0.2) is 30.3 Å². The molecule has 1 aromatic rings. The van der Waals surface area contributed by atoms with Crippen LogP contribution in [0.5, 0.6) is 0 Å². The average molecular weight is 261 g/mol. The third-order valence-electron chi connectivity index (χ3n) is 4.16. The summed E-state index contributed by atoms with van der Waals surface area (Å²) in [5.74, 6) is 0.595. The average Bonchev–Trinajstić information content (AvgIpc) is 2.73. The summed E-state index contributed by atoms with van der Waals surface area (Å²) < 4.78 is 0. The number of nitrogens with one attached hydrogen (secondary N) is 2. The van der Waals surface area contributed by atoms with E-state index in [4.69, 9.17) is 12.2 Å². The number of benzene rings is 1. The molecule has 0 unspecified atom stereocenters. The van der Waals surface area contributed by atoms with E-state index in [-0.39, 0.29) is 5.66 Å². The Bertz CT molecular complexity index is 448. The molecule has 1 aromatic carbocycles. The van der Waals surface area contributed by atoms with Crippen molar-refractivity contribution < 1.29 is 0 Å². The number of hydrazine groups is 1. The van der Waals surface area contributed by atoms with E-state index in [0.29, 0.717) is 5.92 Å². The van der Waals surface area contributed by atoms with Crippen LogP contribution in [0.3, 0.4) is 0 Å². The highest BCUT2D eigenvalue weighted by molar-refractivity contribution is 7.80. The zero-order chi connectivity index (χ0) is 12.6. The van der Waals surface area contributed by atoms with Gasteiger partial charge in [-0.15, -0.1) is 0 Å². The minimum absolute atomic E-state index is 0.0365. The molecule has 2 N–H and O–H groups in total. The fourth-order valence-corrected chi connectivity index (χ4v) is 3.32. The third-order valence-corrected chi connectivity index (χ3v) is 4.44. The van der Waals surface area contributed by atoms with Gasteiger partial charge in [-0.3, -0.25) is 5.01 Å². The first-order valence-corrected chi connectivity index (χ1v) is 7.07. The Balaban J connectivity index is 1.86. The molecule has 1 spiro atoms. The number of thiocarbonyl (C=S) groups is 1.